The Balaban J connectivity index is 1.60. The van der Waals surface area contributed by atoms with Gasteiger partial charge in [-0.2, -0.15) is 0 Å². The summed E-state index contributed by atoms with van der Waals surface area (Å²) in [6.07, 6.45) is 0. The van der Waals surface area contributed by atoms with Crippen molar-refractivity contribution < 1.29 is 23.5 Å². The van der Waals surface area contributed by atoms with Crippen LogP contribution in [-0.4, -0.2) is 39.2 Å². The summed E-state index contributed by atoms with van der Waals surface area (Å²) in [5, 5.41) is 0.539. The van der Waals surface area contributed by atoms with E-state index in [0.717, 1.165) is 11.3 Å². The highest BCUT2D eigenvalue weighted by molar-refractivity contribution is 5.84. The molecule has 1 fully saturated rings. The molecule has 1 aromatic heterocycles. The molecular weight excluding hydrogens is 386 g/mol. The van der Waals surface area contributed by atoms with Gasteiger partial charge in [-0.25, -0.2) is 0 Å². The highest BCUT2D eigenvalue weighted by Gasteiger charge is 2.43. The molecule has 0 bridgehead atoms. The van der Waals surface area contributed by atoms with E-state index < -0.39 is 23.8 Å². The topological polar surface area (TPSA) is 86.0 Å². The molecule has 30 heavy (non-hydrogen) atoms. The van der Waals surface area contributed by atoms with Gasteiger partial charge in [-0.05, 0) is 36.4 Å². The maximum absolute atomic E-state index is 12.3. The van der Waals surface area contributed by atoms with Gasteiger partial charge < -0.3 is 18.8 Å². The molecule has 2 heterocycles. The summed E-state index contributed by atoms with van der Waals surface area (Å²) < 4.78 is 15.6. The summed E-state index contributed by atoms with van der Waals surface area (Å²) in [4.78, 5) is 38.5. The highest BCUT2D eigenvalue weighted by atomic mass is 16.5. The molecule has 1 aliphatic heterocycles. The van der Waals surface area contributed by atoms with Crippen LogP contribution in [0.2, 0.25) is 0 Å². The van der Waals surface area contributed by atoms with Crippen LogP contribution in [0.4, 0.5) is 5.69 Å². The first kappa shape index (κ1) is 19.7. The average molecular weight is 407 g/mol. The van der Waals surface area contributed by atoms with Crippen molar-refractivity contribution in [1.82, 2.24) is 0 Å². The molecule has 1 aliphatic rings. The van der Waals surface area contributed by atoms with Crippen molar-refractivity contribution in [3.8, 4) is 11.3 Å². The fraction of sp³-hybridized carbons (Fsp3) is 0.261. The van der Waals surface area contributed by atoms with Crippen LogP contribution in [-0.2, 0) is 19.1 Å². The first-order valence-corrected chi connectivity index (χ1v) is 9.55. The normalized spacial score (nSPS) is 18.4. The monoisotopic (exact) mass is 407 g/mol. The number of benzene rings is 2. The van der Waals surface area contributed by atoms with E-state index in [9.17, 15) is 14.4 Å². The molecule has 0 radical (unpaired) electrons. The molecule has 0 spiro atoms. The van der Waals surface area contributed by atoms with Gasteiger partial charge >= 0.3 is 11.9 Å². The number of hydrogen-bond acceptors (Lipinski definition) is 7. The summed E-state index contributed by atoms with van der Waals surface area (Å²) >= 11 is 0. The number of fused-ring (bicyclic) bond motifs is 1. The van der Waals surface area contributed by atoms with Crippen molar-refractivity contribution >= 4 is 28.6 Å². The average Bonchev–Trinajstić information content (AvgIpc) is 3.23. The van der Waals surface area contributed by atoms with Gasteiger partial charge in [-0.1, -0.05) is 12.1 Å². The fourth-order valence-corrected chi connectivity index (χ4v) is 3.88. The molecule has 0 N–H and O–H groups in total. The van der Waals surface area contributed by atoms with Crippen LogP contribution >= 0.6 is 0 Å². The van der Waals surface area contributed by atoms with Crippen LogP contribution < -0.4 is 10.3 Å². The van der Waals surface area contributed by atoms with E-state index in [1.165, 1.54) is 20.3 Å². The smallest absolute Gasteiger partial charge is 0.311 e. The molecule has 0 saturated carbocycles. The van der Waals surface area contributed by atoms with Crippen molar-refractivity contribution in [2.24, 2.45) is 11.8 Å². The Kier molecular flexibility index (Phi) is 5.27. The van der Waals surface area contributed by atoms with Gasteiger partial charge in [0.05, 0.1) is 31.4 Å². The first-order valence-electron chi connectivity index (χ1n) is 9.55. The van der Waals surface area contributed by atoms with Gasteiger partial charge in [-0.15, -0.1) is 0 Å². The van der Waals surface area contributed by atoms with E-state index in [4.69, 9.17) is 13.9 Å². The number of para-hydroxylation sites is 1. The Morgan fingerprint density at radius 2 is 1.53 bits per heavy atom. The SMILES string of the molecule is COC(=O)[C@H]1CN(c2ccc(-c3cc(=O)c4ccccc4o3)cc2)C[C@H]1C(=O)OC. The van der Waals surface area contributed by atoms with E-state index in [-0.39, 0.29) is 5.43 Å². The van der Waals surface area contributed by atoms with Gasteiger partial charge in [0.15, 0.2) is 5.43 Å². The van der Waals surface area contributed by atoms with E-state index >= 15 is 0 Å². The Morgan fingerprint density at radius 1 is 0.933 bits per heavy atom. The third-order valence-electron chi connectivity index (χ3n) is 5.48. The quantitative estimate of drug-likeness (QED) is 0.615. The number of anilines is 1. The summed E-state index contributed by atoms with van der Waals surface area (Å²) in [6.45, 7) is 0.716. The van der Waals surface area contributed by atoms with Gasteiger partial charge in [0.1, 0.15) is 11.3 Å². The number of ether oxygens (including phenoxy) is 2. The maximum atomic E-state index is 12.3. The highest BCUT2D eigenvalue weighted by Crippen LogP contribution is 2.32. The summed E-state index contributed by atoms with van der Waals surface area (Å²) in [7, 11) is 2.62. The molecule has 0 amide bonds. The van der Waals surface area contributed by atoms with Gasteiger partial charge in [0, 0.05) is 30.4 Å². The molecule has 3 aromatic rings. The Morgan fingerprint density at radius 3 is 2.13 bits per heavy atom. The van der Waals surface area contributed by atoms with Crippen molar-refractivity contribution in [2.75, 3.05) is 32.2 Å². The summed E-state index contributed by atoms with van der Waals surface area (Å²) in [5.41, 5.74) is 2.04. The predicted molar refractivity (Wildman–Crippen MR) is 111 cm³/mol. The molecule has 7 nitrogen and oxygen atoms in total. The zero-order valence-electron chi connectivity index (χ0n) is 16.7. The maximum Gasteiger partial charge on any atom is 0.311 e. The van der Waals surface area contributed by atoms with Crippen LogP contribution in [0, 0.1) is 11.8 Å². The number of rotatable bonds is 4. The largest absolute Gasteiger partial charge is 0.469 e. The standard InChI is InChI=1S/C23H21NO6/c1-28-22(26)17-12-24(13-18(17)23(27)29-2)15-9-7-14(8-10-15)21-11-19(25)16-5-3-4-6-20(16)30-21/h3-11,17-18H,12-13H2,1-2H3/t17-,18+. The number of nitrogens with zero attached hydrogens (tertiary/aromatic N) is 1. The Hall–Kier alpha value is -3.61. The molecular formula is C23H21NO6. The third kappa shape index (κ3) is 3.54. The van der Waals surface area contributed by atoms with E-state index in [2.05, 4.69) is 0 Å². The molecule has 0 unspecified atom stereocenters. The lowest BCUT2D eigenvalue weighted by Crippen LogP contribution is -2.30. The molecule has 2 aromatic carbocycles. The van der Waals surface area contributed by atoms with E-state index in [0.29, 0.717) is 29.8 Å². The second kappa shape index (κ2) is 8.02. The van der Waals surface area contributed by atoms with Crippen LogP contribution in [0.5, 0.6) is 0 Å². The number of carbonyl (C=O) groups excluding carboxylic acids is 2. The van der Waals surface area contributed by atoms with Gasteiger partial charge in [0.25, 0.3) is 0 Å². The first-order chi connectivity index (χ1) is 14.5. The van der Waals surface area contributed by atoms with Crippen LogP contribution in [0.25, 0.3) is 22.3 Å². The lowest BCUT2D eigenvalue weighted by molar-refractivity contribution is -0.155. The Bertz CT molecular complexity index is 1130. The number of esters is 2. The zero-order valence-corrected chi connectivity index (χ0v) is 16.7. The molecule has 2 atom stereocenters. The lowest BCUT2D eigenvalue weighted by Gasteiger charge is -2.18. The van der Waals surface area contributed by atoms with Crippen LogP contribution in [0.1, 0.15) is 0 Å². The predicted octanol–water partition coefficient (Wildman–Crippen LogP) is 2.86. The molecule has 4 rings (SSSR count). The zero-order chi connectivity index (χ0) is 21.3. The third-order valence-corrected chi connectivity index (χ3v) is 5.48. The number of carbonyl (C=O) groups is 2. The number of methoxy groups -OCH3 is 2. The van der Waals surface area contributed by atoms with Crippen LogP contribution in [0.15, 0.2) is 63.8 Å². The molecule has 154 valence electrons. The minimum absolute atomic E-state index is 0.0997. The minimum atomic E-state index is -0.583. The number of hydrogen-bond donors (Lipinski definition) is 0. The Labute approximate surface area is 172 Å². The molecule has 0 aliphatic carbocycles. The van der Waals surface area contributed by atoms with E-state index in [1.807, 2.05) is 35.2 Å². The van der Waals surface area contributed by atoms with Crippen molar-refractivity contribution in [1.29, 1.82) is 0 Å². The van der Waals surface area contributed by atoms with Crippen LogP contribution in [0.3, 0.4) is 0 Å². The summed E-state index contributed by atoms with van der Waals surface area (Å²) in [6, 6.07) is 16.0. The lowest BCUT2D eigenvalue weighted by atomic mass is 9.96. The van der Waals surface area contributed by atoms with Gasteiger partial charge in [0.2, 0.25) is 0 Å². The molecule has 7 heteroatoms. The van der Waals surface area contributed by atoms with Crippen molar-refractivity contribution in [2.45, 2.75) is 0 Å². The summed E-state index contributed by atoms with van der Waals surface area (Å²) in [5.74, 6) is -1.54. The second-order valence-electron chi connectivity index (χ2n) is 7.18. The fourth-order valence-electron chi connectivity index (χ4n) is 3.88. The van der Waals surface area contributed by atoms with Gasteiger partial charge in [-0.3, -0.25) is 14.4 Å². The van der Waals surface area contributed by atoms with Crippen molar-refractivity contribution in [3.63, 3.8) is 0 Å². The van der Waals surface area contributed by atoms with E-state index in [1.54, 1.807) is 18.2 Å². The van der Waals surface area contributed by atoms with Crippen molar-refractivity contribution in [3.05, 3.63) is 64.8 Å². The second-order valence-corrected chi connectivity index (χ2v) is 7.18. The molecule has 1 saturated heterocycles. The minimum Gasteiger partial charge on any atom is -0.469 e.